The van der Waals surface area contributed by atoms with Gasteiger partial charge >= 0.3 is 12.0 Å². The largest absolute Gasteiger partial charge is 0.492 e. The molecule has 1 fully saturated rings. The highest BCUT2D eigenvalue weighted by molar-refractivity contribution is 5.90. The van der Waals surface area contributed by atoms with Crippen LogP contribution in [-0.4, -0.2) is 54.4 Å². The second-order valence-electron chi connectivity index (χ2n) is 10.2. The van der Waals surface area contributed by atoms with Gasteiger partial charge in [0.05, 0.1) is 6.54 Å². The van der Waals surface area contributed by atoms with E-state index in [0.717, 1.165) is 35.6 Å². The first-order valence-electron chi connectivity index (χ1n) is 14.1. The van der Waals surface area contributed by atoms with E-state index in [1.165, 1.54) is 38.5 Å². The average Bonchev–Trinajstić information content (AvgIpc) is 2.92. The third-order valence-corrected chi connectivity index (χ3v) is 7.31. The van der Waals surface area contributed by atoms with Crippen LogP contribution in [0.1, 0.15) is 69.4 Å². The van der Waals surface area contributed by atoms with Crippen molar-refractivity contribution in [1.29, 1.82) is 0 Å². The molecule has 208 valence electrons. The molecule has 0 aromatic heterocycles. The summed E-state index contributed by atoms with van der Waals surface area (Å²) in [5.41, 5.74) is 2.73. The fourth-order valence-electron chi connectivity index (χ4n) is 5.06. The van der Waals surface area contributed by atoms with Crippen LogP contribution in [0.15, 0.2) is 48.5 Å². The third kappa shape index (κ3) is 10.0. The number of ether oxygens (including phenoxy) is 2. The van der Waals surface area contributed by atoms with Gasteiger partial charge in [-0.05, 0) is 55.5 Å². The first kappa shape index (κ1) is 29.5. The number of hydrogen-bond acceptors (Lipinski definition) is 4. The number of anilines is 1. The van der Waals surface area contributed by atoms with Gasteiger partial charge in [-0.15, -0.1) is 0 Å². The van der Waals surface area contributed by atoms with Gasteiger partial charge in [0.15, 0.2) is 6.10 Å². The summed E-state index contributed by atoms with van der Waals surface area (Å²) >= 11 is 0. The highest BCUT2D eigenvalue weighted by Crippen LogP contribution is 2.27. The Kier molecular flexibility index (Phi) is 12.4. The van der Waals surface area contributed by atoms with Gasteiger partial charge in [0.25, 0.3) is 0 Å². The van der Waals surface area contributed by atoms with Gasteiger partial charge in [0, 0.05) is 25.3 Å². The maximum absolute atomic E-state index is 13.2. The van der Waals surface area contributed by atoms with Crippen LogP contribution in [-0.2, 0) is 16.0 Å². The van der Waals surface area contributed by atoms with E-state index in [4.69, 9.17) is 9.47 Å². The quantitative estimate of drug-likeness (QED) is 0.253. The Morgan fingerprint density at radius 1 is 1.03 bits per heavy atom. The number of rotatable bonds is 15. The molecule has 2 amide bonds. The number of urea groups is 1. The number of carbonyl (C=O) groups is 2. The van der Waals surface area contributed by atoms with E-state index in [2.05, 4.69) is 5.32 Å². The molecule has 1 aliphatic rings. The van der Waals surface area contributed by atoms with Crippen molar-refractivity contribution in [3.63, 3.8) is 0 Å². The maximum atomic E-state index is 13.2. The molecule has 1 unspecified atom stereocenters. The molecule has 3 rings (SSSR count). The Balaban J connectivity index is 1.51. The lowest BCUT2D eigenvalue weighted by Crippen LogP contribution is -2.38. The minimum Gasteiger partial charge on any atom is -0.492 e. The molecule has 0 bridgehead atoms. The smallest absolute Gasteiger partial charge is 0.333 e. The fraction of sp³-hybridized carbons (Fsp3) is 0.548. The summed E-state index contributed by atoms with van der Waals surface area (Å²) in [6.45, 7) is 5.68. The standard InChI is InChI=1S/C31H44N2O5/c1-3-37-29(30(34)35)23-26-16-18-27(19-17-26)38-22-21-33(20-10-9-14-25-12-5-4-6-13-25)31(36)32-28-15-8-7-11-24(28)2/h7-8,11,15-19,25,29H,3-6,9-10,12-14,20-23H2,1-2H3,(H,32,36)(H,34,35). The molecular weight excluding hydrogens is 480 g/mol. The van der Waals surface area contributed by atoms with Crippen LogP contribution in [0.25, 0.3) is 0 Å². The van der Waals surface area contributed by atoms with Crippen LogP contribution in [0.5, 0.6) is 5.75 Å². The predicted molar refractivity (Wildman–Crippen MR) is 151 cm³/mol. The summed E-state index contributed by atoms with van der Waals surface area (Å²) in [7, 11) is 0. The number of benzene rings is 2. The Bertz CT molecular complexity index is 988. The monoisotopic (exact) mass is 524 g/mol. The Labute approximate surface area is 227 Å². The molecule has 7 heteroatoms. The number of amides is 2. The average molecular weight is 525 g/mol. The number of unbranched alkanes of at least 4 members (excludes halogenated alkanes) is 1. The second-order valence-corrected chi connectivity index (χ2v) is 10.2. The van der Waals surface area contributed by atoms with E-state index >= 15 is 0 Å². The van der Waals surface area contributed by atoms with Gasteiger partial charge in [0.1, 0.15) is 12.4 Å². The molecule has 0 aliphatic heterocycles. The van der Waals surface area contributed by atoms with Crippen LogP contribution < -0.4 is 10.1 Å². The molecule has 1 aliphatic carbocycles. The fourth-order valence-corrected chi connectivity index (χ4v) is 5.06. The van der Waals surface area contributed by atoms with E-state index < -0.39 is 12.1 Å². The SMILES string of the molecule is CCOC(Cc1ccc(OCCN(CCCCC2CCCCC2)C(=O)Nc2ccccc2C)cc1)C(=O)O. The molecule has 0 heterocycles. The number of carbonyl (C=O) groups excluding carboxylic acids is 1. The lowest BCUT2D eigenvalue weighted by Gasteiger charge is -2.25. The van der Waals surface area contributed by atoms with Crippen LogP contribution in [0.3, 0.4) is 0 Å². The Hall–Kier alpha value is -3.06. The zero-order valence-corrected chi connectivity index (χ0v) is 23.0. The summed E-state index contributed by atoms with van der Waals surface area (Å²) in [6.07, 6.45) is 9.63. The van der Waals surface area contributed by atoms with E-state index in [-0.39, 0.29) is 6.03 Å². The maximum Gasteiger partial charge on any atom is 0.333 e. The van der Waals surface area contributed by atoms with E-state index in [0.29, 0.717) is 38.5 Å². The number of nitrogens with zero attached hydrogens (tertiary/aromatic N) is 1. The summed E-state index contributed by atoms with van der Waals surface area (Å²) in [6, 6.07) is 15.1. The molecule has 0 saturated heterocycles. The van der Waals surface area contributed by atoms with Crippen molar-refractivity contribution in [3.8, 4) is 5.75 Å². The van der Waals surface area contributed by atoms with E-state index in [1.807, 2.05) is 60.4 Å². The Morgan fingerprint density at radius 3 is 2.45 bits per heavy atom. The van der Waals surface area contributed by atoms with Crippen molar-refractivity contribution in [3.05, 3.63) is 59.7 Å². The molecule has 7 nitrogen and oxygen atoms in total. The molecule has 1 atom stereocenters. The van der Waals surface area contributed by atoms with Gasteiger partial charge in [0.2, 0.25) is 0 Å². The van der Waals surface area contributed by atoms with Crippen LogP contribution in [0.4, 0.5) is 10.5 Å². The van der Waals surface area contributed by atoms with Crippen molar-refractivity contribution in [1.82, 2.24) is 4.90 Å². The number of carboxylic acids is 1. The molecule has 2 aromatic carbocycles. The number of carboxylic acid groups (broad SMARTS) is 1. The molecule has 0 radical (unpaired) electrons. The van der Waals surface area contributed by atoms with Crippen molar-refractivity contribution < 1.29 is 24.2 Å². The highest BCUT2D eigenvalue weighted by Gasteiger charge is 2.19. The van der Waals surface area contributed by atoms with Gasteiger partial charge < -0.3 is 24.8 Å². The zero-order chi connectivity index (χ0) is 27.2. The highest BCUT2D eigenvalue weighted by atomic mass is 16.5. The minimum absolute atomic E-state index is 0.105. The minimum atomic E-state index is -0.963. The van der Waals surface area contributed by atoms with Crippen molar-refractivity contribution in [2.24, 2.45) is 5.92 Å². The van der Waals surface area contributed by atoms with E-state index in [1.54, 1.807) is 6.92 Å². The summed E-state index contributed by atoms with van der Waals surface area (Å²) in [4.78, 5) is 26.3. The number of aliphatic carboxylic acids is 1. The lowest BCUT2D eigenvalue weighted by atomic mass is 9.86. The molecule has 1 saturated carbocycles. The van der Waals surface area contributed by atoms with E-state index in [9.17, 15) is 14.7 Å². The molecular formula is C31H44N2O5. The lowest BCUT2D eigenvalue weighted by molar-refractivity contribution is -0.149. The third-order valence-electron chi connectivity index (χ3n) is 7.31. The number of para-hydroxylation sites is 1. The normalized spacial score (nSPS) is 14.6. The van der Waals surface area contributed by atoms with Gasteiger partial charge in [-0.1, -0.05) is 75.3 Å². The van der Waals surface area contributed by atoms with Crippen LogP contribution in [0.2, 0.25) is 0 Å². The molecule has 2 aromatic rings. The van der Waals surface area contributed by atoms with Crippen molar-refractivity contribution >= 4 is 17.7 Å². The summed E-state index contributed by atoms with van der Waals surface area (Å²) in [5, 5.41) is 12.4. The van der Waals surface area contributed by atoms with Crippen LogP contribution >= 0.6 is 0 Å². The van der Waals surface area contributed by atoms with Crippen molar-refractivity contribution in [2.75, 3.05) is 31.6 Å². The molecule has 2 N–H and O–H groups in total. The van der Waals surface area contributed by atoms with Crippen LogP contribution in [0, 0.1) is 12.8 Å². The number of aryl methyl sites for hydroxylation is 1. The van der Waals surface area contributed by atoms with Gasteiger partial charge in [-0.25, -0.2) is 9.59 Å². The summed E-state index contributed by atoms with van der Waals surface area (Å²) < 4.78 is 11.2. The topological polar surface area (TPSA) is 88.1 Å². The van der Waals surface area contributed by atoms with Gasteiger partial charge in [-0.2, -0.15) is 0 Å². The Morgan fingerprint density at radius 2 is 1.76 bits per heavy atom. The molecule has 38 heavy (non-hydrogen) atoms. The first-order chi connectivity index (χ1) is 18.5. The number of hydrogen-bond donors (Lipinski definition) is 2. The molecule has 0 spiro atoms. The van der Waals surface area contributed by atoms with Crippen molar-refractivity contribution in [2.45, 2.75) is 77.7 Å². The second kappa shape index (κ2) is 16.0. The zero-order valence-electron chi connectivity index (χ0n) is 23.0. The first-order valence-corrected chi connectivity index (χ1v) is 14.1. The number of nitrogens with one attached hydrogen (secondary N) is 1. The summed E-state index contributed by atoms with van der Waals surface area (Å²) in [5.74, 6) is 0.576. The van der Waals surface area contributed by atoms with Gasteiger partial charge in [-0.3, -0.25) is 0 Å². The predicted octanol–water partition coefficient (Wildman–Crippen LogP) is 6.69.